The molecule has 0 radical (unpaired) electrons. The number of ether oxygens (including phenoxy) is 1. The minimum atomic E-state index is -1.07. The first-order valence-electron chi connectivity index (χ1n) is 13.4. The Balaban J connectivity index is 1.35. The van der Waals surface area contributed by atoms with Crippen molar-refractivity contribution in [2.45, 2.75) is 104 Å². The number of hydrogen-bond donors (Lipinski definition) is 2. The molecule has 4 rings (SSSR count). The van der Waals surface area contributed by atoms with E-state index in [2.05, 4.69) is 19.2 Å². The van der Waals surface area contributed by atoms with E-state index in [-0.39, 0.29) is 47.4 Å². The average Bonchev–Trinajstić information content (AvgIpc) is 3.12. The van der Waals surface area contributed by atoms with Gasteiger partial charge in [-0.3, -0.25) is 14.4 Å². The van der Waals surface area contributed by atoms with Crippen molar-refractivity contribution < 1.29 is 29.0 Å². The molecule has 0 saturated heterocycles. The van der Waals surface area contributed by atoms with E-state index < -0.39 is 17.9 Å². The van der Waals surface area contributed by atoms with Crippen LogP contribution in [-0.4, -0.2) is 40.9 Å². The Kier molecular flexibility index (Phi) is 7.18. The van der Waals surface area contributed by atoms with Gasteiger partial charge >= 0.3 is 11.9 Å². The van der Waals surface area contributed by atoms with Gasteiger partial charge < -0.3 is 15.2 Å². The molecule has 0 aromatic heterocycles. The fourth-order valence-corrected chi connectivity index (χ4v) is 7.90. The number of rotatable bonds is 7. The van der Waals surface area contributed by atoms with E-state index in [1.54, 1.807) is 13.8 Å². The number of fused-ring (bicyclic) bond motifs is 5. The summed E-state index contributed by atoms with van der Waals surface area (Å²) in [5, 5.41) is 11.8. The van der Waals surface area contributed by atoms with Crippen molar-refractivity contribution in [3.8, 4) is 0 Å². The molecular weight excluding hydrogens is 446 g/mol. The highest BCUT2D eigenvalue weighted by Crippen LogP contribution is 2.65. The van der Waals surface area contributed by atoms with Crippen LogP contribution in [0.5, 0.6) is 0 Å². The van der Waals surface area contributed by atoms with Crippen molar-refractivity contribution in [3.63, 3.8) is 0 Å². The minimum absolute atomic E-state index is 0.0418. The maximum absolute atomic E-state index is 12.7. The van der Waals surface area contributed by atoms with Gasteiger partial charge in [-0.05, 0) is 80.1 Å². The fraction of sp³-hybridized carbons (Fsp3) is 0.786. The van der Waals surface area contributed by atoms with E-state index >= 15 is 0 Å². The van der Waals surface area contributed by atoms with Gasteiger partial charge in [0.2, 0.25) is 5.91 Å². The molecule has 7 nitrogen and oxygen atoms in total. The summed E-state index contributed by atoms with van der Waals surface area (Å²) >= 11 is 0. The molecule has 4 aliphatic carbocycles. The Bertz CT molecular complexity index is 924. The fourth-order valence-electron chi connectivity index (χ4n) is 7.90. The molecule has 0 bridgehead atoms. The molecule has 7 atom stereocenters. The summed E-state index contributed by atoms with van der Waals surface area (Å²) in [6.45, 7) is 8.12. The first kappa shape index (κ1) is 25.9. The Morgan fingerprint density at radius 1 is 1.06 bits per heavy atom. The minimum Gasteiger partial charge on any atom is -0.480 e. The summed E-state index contributed by atoms with van der Waals surface area (Å²) < 4.78 is 5.97. The van der Waals surface area contributed by atoms with Crippen LogP contribution in [0, 0.1) is 34.5 Å². The lowest BCUT2D eigenvalue weighted by molar-refractivity contribution is -0.160. The Morgan fingerprint density at radius 2 is 1.80 bits per heavy atom. The zero-order valence-electron chi connectivity index (χ0n) is 21.6. The highest BCUT2D eigenvalue weighted by Gasteiger charge is 2.59. The third kappa shape index (κ3) is 4.79. The summed E-state index contributed by atoms with van der Waals surface area (Å²) in [6, 6.07) is -0.960. The molecule has 0 aromatic rings. The molecule has 0 unspecified atom stereocenters. The number of esters is 1. The molecule has 194 valence electrons. The van der Waals surface area contributed by atoms with Crippen LogP contribution < -0.4 is 5.32 Å². The molecule has 0 aliphatic heterocycles. The number of allylic oxidation sites excluding steroid dienone is 1. The van der Waals surface area contributed by atoms with Crippen molar-refractivity contribution in [2.75, 3.05) is 0 Å². The number of carbonyl (C=O) groups excluding carboxylic acids is 3. The van der Waals surface area contributed by atoms with Gasteiger partial charge in [0.1, 0.15) is 12.1 Å². The van der Waals surface area contributed by atoms with E-state index in [9.17, 15) is 24.3 Å². The lowest BCUT2D eigenvalue weighted by Gasteiger charge is -2.57. The van der Waals surface area contributed by atoms with Crippen LogP contribution in [0.2, 0.25) is 0 Å². The second-order valence-electron chi connectivity index (χ2n) is 12.2. The number of carboxylic acid groups (broad SMARTS) is 1. The molecule has 0 heterocycles. The molecule has 7 heteroatoms. The van der Waals surface area contributed by atoms with Gasteiger partial charge in [-0.1, -0.05) is 33.3 Å². The molecule has 35 heavy (non-hydrogen) atoms. The number of aliphatic carboxylic acids is 1. The largest absolute Gasteiger partial charge is 0.480 e. The number of carboxylic acids is 1. The second-order valence-corrected chi connectivity index (χ2v) is 12.2. The van der Waals surface area contributed by atoms with Crippen molar-refractivity contribution in [1.82, 2.24) is 5.32 Å². The van der Waals surface area contributed by atoms with Crippen LogP contribution >= 0.6 is 0 Å². The van der Waals surface area contributed by atoms with Crippen molar-refractivity contribution >= 4 is 23.6 Å². The molecule has 0 aromatic carbocycles. The van der Waals surface area contributed by atoms with Crippen LogP contribution in [0.3, 0.4) is 0 Å². The van der Waals surface area contributed by atoms with Crippen LogP contribution in [0.25, 0.3) is 0 Å². The first-order valence-corrected chi connectivity index (χ1v) is 13.4. The van der Waals surface area contributed by atoms with Gasteiger partial charge in [-0.25, -0.2) is 4.79 Å². The molecule has 0 spiro atoms. The van der Waals surface area contributed by atoms with E-state index in [4.69, 9.17) is 4.74 Å². The number of carbonyl (C=O) groups is 4. The summed E-state index contributed by atoms with van der Waals surface area (Å²) in [5.41, 5.74) is 1.44. The Labute approximate surface area is 208 Å². The SMILES string of the molecule is CC(C)[C@H](NC(=O)CCC(=O)O[C@@H]1CC[C@@H]2[C@@H]3CCC4=CC(=O)CC[C@]4(C)[C@H]3CC[C@@]21C)C(=O)O. The molecule has 4 aliphatic rings. The Hall–Kier alpha value is -2.18. The molecule has 3 fully saturated rings. The summed E-state index contributed by atoms with van der Waals surface area (Å²) in [7, 11) is 0. The highest BCUT2D eigenvalue weighted by atomic mass is 16.5. The topological polar surface area (TPSA) is 110 Å². The summed E-state index contributed by atoms with van der Waals surface area (Å²) in [6.07, 6.45) is 9.44. The first-order chi connectivity index (χ1) is 16.5. The van der Waals surface area contributed by atoms with Crippen LogP contribution in [-0.2, 0) is 23.9 Å². The van der Waals surface area contributed by atoms with Gasteiger partial charge in [0, 0.05) is 18.3 Å². The summed E-state index contributed by atoms with van der Waals surface area (Å²) in [4.78, 5) is 48.2. The monoisotopic (exact) mass is 487 g/mol. The average molecular weight is 488 g/mol. The number of nitrogens with one attached hydrogen (secondary N) is 1. The predicted molar refractivity (Wildman–Crippen MR) is 130 cm³/mol. The molecule has 2 N–H and O–H groups in total. The number of hydrogen-bond acceptors (Lipinski definition) is 5. The highest BCUT2D eigenvalue weighted by molar-refractivity contribution is 5.91. The van der Waals surface area contributed by atoms with E-state index in [1.807, 2.05) is 6.08 Å². The summed E-state index contributed by atoms with van der Waals surface area (Å²) in [5.74, 6) is -0.146. The van der Waals surface area contributed by atoms with Gasteiger partial charge in [0.25, 0.3) is 0 Å². The maximum Gasteiger partial charge on any atom is 0.326 e. The van der Waals surface area contributed by atoms with Gasteiger partial charge in [-0.2, -0.15) is 0 Å². The zero-order chi connectivity index (χ0) is 25.5. The predicted octanol–water partition coefficient (Wildman–Crippen LogP) is 4.44. The lowest BCUT2D eigenvalue weighted by Crippen LogP contribution is -2.51. The van der Waals surface area contributed by atoms with Crippen LogP contribution in [0.4, 0.5) is 0 Å². The quantitative estimate of drug-likeness (QED) is 0.514. The Morgan fingerprint density at radius 3 is 2.49 bits per heavy atom. The molecule has 1 amide bonds. The van der Waals surface area contributed by atoms with Gasteiger partial charge in [0.15, 0.2) is 5.78 Å². The standard InChI is InChI=1S/C28H41NO6/c1-16(2)25(26(33)34)29-23(31)9-10-24(32)35-22-8-7-20-19-6-5-17-15-18(30)11-13-27(17,3)21(19)12-14-28(20,22)4/h15-16,19-22,25H,5-14H2,1-4H3,(H,29,31)(H,33,34)/t19-,20+,21-,22+,25-,27-,28-/m0/s1. The molecule has 3 saturated carbocycles. The number of amides is 1. The van der Waals surface area contributed by atoms with E-state index in [0.717, 1.165) is 44.9 Å². The third-order valence-corrected chi connectivity index (χ3v) is 9.95. The molecular formula is C28H41NO6. The van der Waals surface area contributed by atoms with E-state index in [1.165, 1.54) is 5.57 Å². The van der Waals surface area contributed by atoms with Crippen LogP contribution in [0.15, 0.2) is 11.6 Å². The third-order valence-electron chi connectivity index (χ3n) is 9.95. The number of ketones is 1. The zero-order valence-corrected chi connectivity index (χ0v) is 21.6. The smallest absolute Gasteiger partial charge is 0.326 e. The van der Waals surface area contributed by atoms with Crippen molar-refractivity contribution in [2.24, 2.45) is 34.5 Å². The van der Waals surface area contributed by atoms with Crippen molar-refractivity contribution in [3.05, 3.63) is 11.6 Å². The van der Waals surface area contributed by atoms with Gasteiger partial charge in [-0.15, -0.1) is 0 Å². The lowest BCUT2D eigenvalue weighted by atomic mass is 9.47. The van der Waals surface area contributed by atoms with Crippen molar-refractivity contribution in [1.29, 1.82) is 0 Å². The van der Waals surface area contributed by atoms with Gasteiger partial charge in [0.05, 0.1) is 6.42 Å². The van der Waals surface area contributed by atoms with E-state index in [0.29, 0.717) is 24.2 Å². The normalized spacial score (nSPS) is 36.9. The van der Waals surface area contributed by atoms with Crippen LogP contribution in [0.1, 0.15) is 91.9 Å². The maximum atomic E-state index is 12.7. The second kappa shape index (κ2) is 9.70.